The number of hydrogen-bond donors (Lipinski definition) is 2. The van der Waals surface area contributed by atoms with Gasteiger partial charge in [-0.05, 0) is 35.4 Å². The van der Waals surface area contributed by atoms with Crippen LogP contribution >= 0.6 is 0 Å². The minimum absolute atomic E-state index is 0.161. The first-order chi connectivity index (χ1) is 8.91. The Kier molecular flexibility index (Phi) is 3.19. The van der Waals surface area contributed by atoms with Crippen LogP contribution in [0.3, 0.4) is 0 Å². The van der Waals surface area contributed by atoms with E-state index in [2.05, 4.69) is 4.72 Å². The van der Waals surface area contributed by atoms with Gasteiger partial charge < -0.3 is 5.73 Å². The Hall–Kier alpha value is -1.14. The summed E-state index contributed by atoms with van der Waals surface area (Å²) < 4.78 is 41.4. The number of aryl methyl sites for hydroxylation is 1. The number of sulfonamides is 1. The van der Waals surface area contributed by atoms with Crippen LogP contribution in [-0.2, 0) is 10.0 Å². The molecule has 0 aliphatic heterocycles. The van der Waals surface area contributed by atoms with Gasteiger partial charge in [0.25, 0.3) is 0 Å². The van der Waals surface area contributed by atoms with Crippen molar-refractivity contribution in [2.75, 3.05) is 5.73 Å². The van der Waals surface area contributed by atoms with Gasteiger partial charge in [0, 0.05) is 11.7 Å². The van der Waals surface area contributed by atoms with Gasteiger partial charge in [0.15, 0.2) is 0 Å². The number of rotatable bonds is 3. The highest BCUT2D eigenvalue weighted by molar-refractivity contribution is 7.89. The van der Waals surface area contributed by atoms with Crippen molar-refractivity contribution in [3.8, 4) is 0 Å². The van der Waals surface area contributed by atoms with Crippen LogP contribution in [0.15, 0.2) is 17.0 Å². The van der Waals surface area contributed by atoms with E-state index in [-0.39, 0.29) is 33.0 Å². The maximum atomic E-state index is 14.1. The van der Waals surface area contributed by atoms with E-state index < -0.39 is 15.8 Å². The quantitative estimate of drug-likeness (QED) is 0.842. The lowest BCUT2D eigenvalue weighted by molar-refractivity contribution is 0.457. The van der Waals surface area contributed by atoms with Crippen molar-refractivity contribution in [3.63, 3.8) is 0 Å². The summed E-state index contributed by atoms with van der Waals surface area (Å²) in [5.41, 5.74) is 5.75. The van der Waals surface area contributed by atoms with Crippen LogP contribution in [0.4, 0.5) is 10.1 Å². The van der Waals surface area contributed by atoms with E-state index in [1.807, 2.05) is 27.7 Å². The largest absolute Gasteiger partial charge is 0.399 e. The highest BCUT2D eigenvalue weighted by Gasteiger charge is 2.66. The molecule has 1 aromatic carbocycles. The van der Waals surface area contributed by atoms with Crippen molar-refractivity contribution < 1.29 is 12.8 Å². The van der Waals surface area contributed by atoms with E-state index >= 15 is 0 Å². The standard InChI is InChI=1S/C14H21FN2O2S/c1-8-6-9(16)7-10(11(8)15)20(18,19)17-12-13(2,3)14(12,4)5/h6-7,12,17H,16H2,1-5H3. The van der Waals surface area contributed by atoms with Crippen molar-refractivity contribution in [1.29, 1.82) is 0 Å². The third kappa shape index (κ3) is 2.11. The third-order valence-corrected chi connectivity index (χ3v) is 6.25. The van der Waals surface area contributed by atoms with E-state index in [1.165, 1.54) is 13.0 Å². The monoisotopic (exact) mass is 300 g/mol. The molecule has 0 heterocycles. The van der Waals surface area contributed by atoms with Crippen molar-refractivity contribution in [2.45, 2.75) is 45.6 Å². The van der Waals surface area contributed by atoms with Gasteiger partial charge in [-0.3, -0.25) is 0 Å². The molecule has 0 atom stereocenters. The minimum atomic E-state index is -3.92. The van der Waals surface area contributed by atoms with Crippen LogP contribution in [0.2, 0.25) is 0 Å². The predicted octanol–water partition coefficient (Wildman–Crippen LogP) is 2.43. The Morgan fingerprint density at radius 1 is 1.20 bits per heavy atom. The Morgan fingerprint density at radius 2 is 1.70 bits per heavy atom. The lowest BCUT2D eigenvalue weighted by atomic mass is 10.0. The topological polar surface area (TPSA) is 72.2 Å². The predicted molar refractivity (Wildman–Crippen MR) is 77.2 cm³/mol. The zero-order valence-corrected chi connectivity index (χ0v) is 13.2. The second-order valence-corrected chi connectivity index (χ2v) is 8.33. The maximum absolute atomic E-state index is 14.1. The summed E-state index contributed by atoms with van der Waals surface area (Å²) in [6.45, 7) is 9.44. The molecule has 112 valence electrons. The zero-order chi connectivity index (χ0) is 15.5. The van der Waals surface area contributed by atoms with Gasteiger partial charge in [-0.2, -0.15) is 0 Å². The van der Waals surface area contributed by atoms with Gasteiger partial charge in [-0.15, -0.1) is 0 Å². The van der Waals surface area contributed by atoms with Gasteiger partial charge >= 0.3 is 0 Å². The Bertz CT molecular complexity index is 652. The van der Waals surface area contributed by atoms with Gasteiger partial charge in [0.2, 0.25) is 10.0 Å². The van der Waals surface area contributed by atoms with Crippen LogP contribution in [0.5, 0.6) is 0 Å². The fourth-order valence-electron chi connectivity index (χ4n) is 2.67. The van der Waals surface area contributed by atoms with Crippen LogP contribution in [0.25, 0.3) is 0 Å². The highest BCUT2D eigenvalue weighted by atomic mass is 32.2. The van der Waals surface area contributed by atoms with Crippen LogP contribution in [-0.4, -0.2) is 14.5 Å². The highest BCUT2D eigenvalue weighted by Crippen LogP contribution is 2.63. The first kappa shape index (κ1) is 15.3. The molecule has 0 radical (unpaired) electrons. The zero-order valence-electron chi connectivity index (χ0n) is 12.4. The van der Waals surface area contributed by atoms with E-state index in [1.54, 1.807) is 0 Å². The molecular weight excluding hydrogens is 279 g/mol. The van der Waals surface area contributed by atoms with Gasteiger partial charge in [-0.25, -0.2) is 17.5 Å². The SMILES string of the molecule is Cc1cc(N)cc(S(=O)(=O)NC2C(C)(C)C2(C)C)c1F. The number of halogens is 1. The molecule has 1 fully saturated rings. The lowest BCUT2D eigenvalue weighted by Crippen LogP contribution is -2.30. The molecule has 4 nitrogen and oxygen atoms in total. The average Bonchev–Trinajstić information content (AvgIpc) is 2.65. The molecule has 0 aromatic heterocycles. The Labute approximate surface area is 119 Å². The molecular formula is C14H21FN2O2S. The van der Waals surface area contributed by atoms with E-state index in [9.17, 15) is 12.8 Å². The molecule has 1 aromatic rings. The molecule has 2 rings (SSSR count). The van der Waals surface area contributed by atoms with Gasteiger partial charge in [-0.1, -0.05) is 27.7 Å². The number of nitrogens with two attached hydrogens (primary N) is 1. The number of anilines is 1. The maximum Gasteiger partial charge on any atom is 0.243 e. The van der Waals surface area contributed by atoms with E-state index in [0.29, 0.717) is 0 Å². The van der Waals surface area contributed by atoms with Crippen LogP contribution in [0, 0.1) is 23.6 Å². The number of hydrogen-bond acceptors (Lipinski definition) is 3. The molecule has 0 unspecified atom stereocenters. The molecule has 6 heteroatoms. The summed E-state index contributed by atoms with van der Waals surface area (Å²) in [4.78, 5) is -0.381. The second kappa shape index (κ2) is 4.18. The van der Waals surface area contributed by atoms with Crippen LogP contribution < -0.4 is 10.5 Å². The molecule has 0 saturated heterocycles. The summed E-state index contributed by atoms with van der Waals surface area (Å²) in [5, 5.41) is 0. The number of benzene rings is 1. The fraction of sp³-hybridized carbons (Fsp3) is 0.571. The molecule has 3 N–H and O–H groups in total. The summed E-state index contributed by atoms with van der Waals surface area (Å²) in [7, 11) is -3.92. The van der Waals surface area contributed by atoms with Crippen molar-refractivity contribution in [2.24, 2.45) is 10.8 Å². The average molecular weight is 300 g/mol. The Morgan fingerprint density at radius 3 is 2.15 bits per heavy atom. The third-order valence-electron chi connectivity index (χ3n) is 4.83. The van der Waals surface area contributed by atoms with Crippen LogP contribution in [0.1, 0.15) is 33.3 Å². The molecule has 1 saturated carbocycles. The second-order valence-electron chi connectivity index (χ2n) is 6.65. The summed E-state index contributed by atoms with van der Waals surface area (Å²) in [6, 6.07) is 2.35. The number of nitrogen functional groups attached to an aromatic ring is 1. The molecule has 1 aliphatic carbocycles. The molecule has 20 heavy (non-hydrogen) atoms. The molecule has 0 amide bonds. The lowest BCUT2D eigenvalue weighted by Gasteiger charge is -2.11. The minimum Gasteiger partial charge on any atom is -0.399 e. The summed E-state index contributed by atoms with van der Waals surface area (Å²) >= 11 is 0. The van der Waals surface area contributed by atoms with Crippen molar-refractivity contribution >= 4 is 15.7 Å². The number of nitrogens with one attached hydrogen (secondary N) is 1. The first-order valence-corrected chi connectivity index (χ1v) is 7.97. The van der Waals surface area contributed by atoms with E-state index in [4.69, 9.17) is 5.73 Å². The van der Waals surface area contributed by atoms with Gasteiger partial charge in [0.05, 0.1) is 0 Å². The fourth-order valence-corrected chi connectivity index (χ4v) is 4.38. The Balaban J connectivity index is 2.39. The van der Waals surface area contributed by atoms with Crippen molar-refractivity contribution in [1.82, 2.24) is 4.72 Å². The smallest absolute Gasteiger partial charge is 0.243 e. The molecule has 1 aliphatic rings. The first-order valence-electron chi connectivity index (χ1n) is 6.49. The molecule has 0 spiro atoms. The van der Waals surface area contributed by atoms with Crippen molar-refractivity contribution in [3.05, 3.63) is 23.5 Å². The molecule has 0 bridgehead atoms. The van der Waals surface area contributed by atoms with Gasteiger partial charge in [0.1, 0.15) is 10.7 Å². The summed E-state index contributed by atoms with van der Waals surface area (Å²) in [6.07, 6.45) is 0. The summed E-state index contributed by atoms with van der Waals surface area (Å²) in [5.74, 6) is -0.747. The normalized spacial score (nSPS) is 20.9. The van der Waals surface area contributed by atoms with E-state index in [0.717, 1.165) is 6.07 Å².